The Hall–Kier alpha value is 0. The molecule has 0 aliphatic heterocycles. The van der Waals surface area contributed by atoms with E-state index in [0.29, 0.717) is 0 Å². The topological polar surface area (TPSA) is 0 Å². The molecule has 0 unspecified atom stereocenters. The highest BCUT2D eigenvalue weighted by Crippen LogP contribution is 2.44. The van der Waals surface area contributed by atoms with Crippen LogP contribution in [0.1, 0.15) is 104 Å². The number of hydrogen-bond donors (Lipinski definition) is 0. The van der Waals surface area contributed by atoms with Gasteiger partial charge < -0.3 is 0 Å². The second-order valence-electron chi connectivity index (χ2n) is 6.33. The second kappa shape index (κ2) is 9.00. The molecular formula is C17H34. The van der Waals surface area contributed by atoms with Crippen LogP contribution in [0.25, 0.3) is 0 Å². The number of rotatable bonds is 9. The van der Waals surface area contributed by atoms with Gasteiger partial charge in [-0.3, -0.25) is 0 Å². The Balaban J connectivity index is 2.29. The Kier molecular flexibility index (Phi) is 7.97. The third-order valence-electron chi connectivity index (χ3n) is 4.79. The van der Waals surface area contributed by atoms with Crippen molar-refractivity contribution in [3.05, 3.63) is 0 Å². The molecule has 0 amide bonds. The van der Waals surface area contributed by atoms with Crippen LogP contribution in [0.3, 0.4) is 0 Å². The zero-order chi connectivity index (χ0) is 12.4. The van der Waals surface area contributed by atoms with E-state index < -0.39 is 0 Å². The monoisotopic (exact) mass is 238 g/mol. The normalized spacial score (nSPS) is 19.4. The van der Waals surface area contributed by atoms with Gasteiger partial charge in [0, 0.05) is 0 Å². The van der Waals surface area contributed by atoms with E-state index in [2.05, 4.69) is 13.8 Å². The first-order chi connectivity index (χ1) is 8.33. The van der Waals surface area contributed by atoms with Crippen LogP contribution < -0.4 is 0 Å². The summed E-state index contributed by atoms with van der Waals surface area (Å²) in [5.74, 6) is 0. The van der Waals surface area contributed by atoms with Gasteiger partial charge in [-0.2, -0.15) is 0 Å². The molecule has 0 spiro atoms. The smallest absolute Gasteiger partial charge is 0.0297 e. The van der Waals surface area contributed by atoms with E-state index in [1.54, 1.807) is 12.8 Å². The van der Waals surface area contributed by atoms with E-state index in [0.717, 1.165) is 5.41 Å². The fourth-order valence-corrected chi connectivity index (χ4v) is 3.60. The molecule has 1 aliphatic rings. The molecule has 0 aromatic carbocycles. The first kappa shape index (κ1) is 15.1. The van der Waals surface area contributed by atoms with E-state index in [9.17, 15) is 0 Å². The van der Waals surface area contributed by atoms with Crippen LogP contribution in [0.2, 0.25) is 0 Å². The Morgan fingerprint density at radius 3 is 1.76 bits per heavy atom. The number of hydrogen-bond acceptors (Lipinski definition) is 0. The predicted molar refractivity (Wildman–Crippen MR) is 78.4 cm³/mol. The van der Waals surface area contributed by atoms with Gasteiger partial charge in [0.1, 0.15) is 0 Å². The molecule has 0 bridgehead atoms. The van der Waals surface area contributed by atoms with Crippen LogP contribution in [0.4, 0.5) is 0 Å². The van der Waals surface area contributed by atoms with E-state index in [1.807, 2.05) is 0 Å². The summed E-state index contributed by atoms with van der Waals surface area (Å²) < 4.78 is 0. The van der Waals surface area contributed by atoms with Gasteiger partial charge in [0.15, 0.2) is 0 Å². The van der Waals surface area contributed by atoms with E-state index in [-0.39, 0.29) is 0 Å². The summed E-state index contributed by atoms with van der Waals surface area (Å²) in [7, 11) is 0. The van der Waals surface area contributed by atoms with Gasteiger partial charge >= 0.3 is 0 Å². The summed E-state index contributed by atoms with van der Waals surface area (Å²) >= 11 is 0. The lowest BCUT2D eigenvalue weighted by Gasteiger charge is -2.38. The Bertz CT molecular complexity index is 165. The summed E-state index contributed by atoms with van der Waals surface area (Å²) in [4.78, 5) is 0. The van der Waals surface area contributed by atoms with E-state index in [4.69, 9.17) is 0 Å². The zero-order valence-electron chi connectivity index (χ0n) is 12.4. The SMILES string of the molecule is CCCCCCC1(CCCCC)CCCCC1. The van der Waals surface area contributed by atoms with Crippen molar-refractivity contribution in [2.45, 2.75) is 104 Å². The van der Waals surface area contributed by atoms with Crippen molar-refractivity contribution < 1.29 is 0 Å². The maximum atomic E-state index is 2.33. The molecule has 1 rings (SSSR count). The van der Waals surface area contributed by atoms with Crippen molar-refractivity contribution in [3.8, 4) is 0 Å². The fourth-order valence-electron chi connectivity index (χ4n) is 3.60. The Morgan fingerprint density at radius 2 is 1.18 bits per heavy atom. The maximum Gasteiger partial charge on any atom is -0.0297 e. The molecule has 0 aromatic rings. The van der Waals surface area contributed by atoms with Gasteiger partial charge in [0.25, 0.3) is 0 Å². The van der Waals surface area contributed by atoms with Gasteiger partial charge in [-0.05, 0) is 31.1 Å². The van der Waals surface area contributed by atoms with Gasteiger partial charge in [-0.1, -0.05) is 78.1 Å². The molecule has 1 aliphatic carbocycles. The fraction of sp³-hybridized carbons (Fsp3) is 1.00. The summed E-state index contributed by atoms with van der Waals surface area (Å²) in [6.45, 7) is 4.65. The molecule has 0 nitrogen and oxygen atoms in total. The lowest BCUT2D eigenvalue weighted by Crippen LogP contribution is -2.24. The quantitative estimate of drug-likeness (QED) is 0.403. The molecule has 0 atom stereocenters. The molecule has 1 saturated carbocycles. The van der Waals surface area contributed by atoms with Crippen molar-refractivity contribution in [2.24, 2.45) is 5.41 Å². The zero-order valence-corrected chi connectivity index (χ0v) is 12.4. The molecule has 0 saturated heterocycles. The average molecular weight is 238 g/mol. The maximum absolute atomic E-state index is 2.33. The van der Waals surface area contributed by atoms with Gasteiger partial charge in [0.2, 0.25) is 0 Å². The van der Waals surface area contributed by atoms with Gasteiger partial charge in [-0.15, -0.1) is 0 Å². The summed E-state index contributed by atoms with van der Waals surface area (Å²) in [5.41, 5.74) is 0.779. The minimum Gasteiger partial charge on any atom is -0.0654 e. The summed E-state index contributed by atoms with van der Waals surface area (Å²) in [5, 5.41) is 0. The standard InChI is InChI=1S/C17H34/c1-3-5-7-10-14-17(13-9-6-4-2)15-11-8-12-16-17/h3-16H2,1-2H3. The molecule has 1 fully saturated rings. The van der Waals surface area contributed by atoms with Gasteiger partial charge in [0.05, 0.1) is 0 Å². The van der Waals surface area contributed by atoms with Crippen LogP contribution in [0, 0.1) is 5.41 Å². The van der Waals surface area contributed by atoms with Crippen molar-refractivity contribution in [3.63, 3.8) is 0 Å². The third kappa shape index (κ3) is 5.93. The van der Waals surface area contributed by atoms with Crippen LogP contribution in [0.15, 0.2) is 0 Å². The number of unbranched alkanes of at least 4 members (excludes halogenated alkanes) is 5. The molecule has 17 heavy (non-hydrogen) atoms. The summed E-state index contributed by atoms with van der Waals surface area (Å²) in [6.07, 6.45) is 20.8. The molecular weight excluding hydrogens is 204 g/mol. The third-order valence-corrected chi connectivity index (χ3v) is 4.79. The Labute approximate surface area is 110 Å². The Morgan fingerprint density at radius 1 is 0.647 bits per heavy atom. The molecule has 0 heterocycles. The first-order valence-corrected chi connectivity index (χ1v) is 8.33. The lowest BCUT2D eigenvalue weighted by molar-refractivity contribution is 0.147. The summed E-state index contributed by atoms with van der Waals surface area (Å²) in [6, 6.07) is 0. The first-order valence-electron chi connectivity index (χ1n) is 8.33. The van der Waals surface area contributed by atoms with Crippen molar-refractivity contribution in [1.29, 1.82) is 0 Å². The van der Waals surface area contributed by atoms with Crippen molar-refractivity contribution in [1.82, 2.24) is 0 Å². The second-order valence-corrected chi connectivity index (χ2v) is 6.33. The molecule has 0 radical (unpaired) electrons. The predicted octanol–water partition coefficient (Wildman–Crippen LogP) is 6.49. The molecule has 0 aromatic heterocycles. The van der Waals surface area contributed by atoms with Crippen LogP contribution in [0.5, 0.6) is 0 Å². The minimum atomic E-state index is 0.779. The van der Waals surface area contributed by atoms with Crippen molar-refractivity contribution >= 4 is 0 Å². The lowest BCUT2D eigenvalue weighted by atomic mass is 9.68. The van der Waals surface area contributed by atoms with E-state index in [1.165, 1.54) is 77.0 Å². The van der Waals surface area contributed by atoms with Crippen LogP contribution in [-0.4, -0.2) is 0 Å². The largest absolute Gasteiger partial charge is 0.0654 e. The van der Waals surface area contributed by atoms with Crippen LogP contribution >= 0.6 is 0 Å². The van der Waals surface area contributed by atoms with Crippen molar-refractivity contribution in [2.75, 3.05) is 0 Å². The average Bonchev–Trinajstić information content (AvgIpc) is 2.36. The van der Waals surface area contributed by atoms with Crippen LogP contribution in [-0.2, 0) is 0 Å². The minimum absolute atomic E-state index is 0.779. The highest BCUT2D eigenvalue weighted by Gasteiger charge is 2.30. The van der Waals surface area contributed by atoms with E-state index >= 15 is 0 Å². The molecule has 102 valence electrons. The highest BCUT2D eigenvalue weighted by molar-refractivity contribution is 4.82. The molecule has 0 heteroatoms. The van der Waals surface area contributed by atoms with Gasteiger partial charge in [-0.25, -0.2) is 0 Å². The molecule has 0 N–H and O–H groups in total. The highest BCUT2D eigenvalue weighted by atomic mass is 14.4.